The van der Waals surface area contributed by atoms with Crippen LogP contribution in [-0.2, 0) is 71.2 Å². The second-order valence-electron chi connectivity index (χ2n) is 42.4. The summed E-state index contributed by atoms with van der Waals surface area (Å²) in [4.78, 5) is 109. The van der Waals surface area contributed by atoms with Crippen molar-refractivity contribution in [3.8, 4) is 0 Å². The lowest BCUT2D eigenvalue weighted by atomic mass is 9.51. The molecule has 7 saturated carbocycles. The summed E-state index contributed by atoms with van der Waals surface area (Å²) < 4.78 is 37.1. The van der Waals surface area contributed by atoms with Crippen molar-refractivity contribution >= 4 is 115 Å². The van der Waals surface area contributed by atoms with E-state index in [1.54, 1.807) is 119 Å². The molecule has 32 heteroatoms. The van der Waals surface area contributed by atoms with Gasteiger partial charge in [-0.15, -0.1) is 0 Å². The Labute approximate surface area is 796 Å². The number of imidazole rings is 5. The number of aliphatic hydroxyl groups is 5. The van der Waals surface area contributed by atoms with Crippen LogP contribution in [0.3, 0.4) is 0 Å². The summed E-state index contributed by atoms with van der Waals surface area (Å²) in [6.07, 6.45) is 22.6. The van der Waals surface area contributed by atoms with Crippen molar-refractivity contribution in [1.82, 2.24) is 72.7 Å². The van der Waals surface area contributed by atoms with Crippen LogP contribution in [0.5, 0.6) is 0 Å². The lowest BCUT2D eigenvalue weighted by Gasteiger charge is -2.53. The molecule has 0 atom stereocenters. The molecule has 0 bridgehead atoms. The molecule has 7 aliphatic carbocycles. The highest BCUT2D eigenvalue weighted by Gasteiger charge is 2.51. The predicted molar refractivity (Wildman–Crippen MR) is 524 cm³/mol. The molecule has 1 spiro atoms. The molecule has 7 aliphatic rings. The van der Waals surface area contributed by atoms with Crippen molar-refractivity contribution < 1.29 is 58.3 Å². The number of aromatic nitrogens is 15. The number of amides is 5. The maximum absolute atomic E-state index is 13.5. The molecular weight excluding hydrogens is 1740 g/mol. The molecule has 7 fully saturated rings. The number of halogens is 2. The molecule has 0 unspecified atom stereocenters. The van der Waals surface area contributed by atoms with Gasteiger partial charge in [-0.2, -0.15) is 0 Å². The third kappa shape index (κ3) is 22.0. The van der Waals surface area contributed by atoms with Crippen LogP contribution in [0.15, 0.2) is 121 Å². The number of rotatable bonds is 22. The minimum Gasteiger partial charge on any atom is -0.384 e. The summed E-state index contributed by atoms with van der Waals surface area (Å²) in [5, 5.41) is 66.4. The zero-order valence-electron chi connectivity index (χ0n) is 81.5. The summed E-state index contributed by atoms with van der Waals surface area (Å²) in [6.45, 7) is 28.3. The fourth-order valence-electron chi connectivity index (χ4n) is 18.1. The first kappa shape index (κ1) is 97.8. The normalized spacial score (nSPS) is 16.5. The Kier molecular flexibility index (Phi) is 27.6. The van der Waals surface area contributed by atoms with Gasteiger partial charge in [0.2, 0.25) is 59.3 Å². The van der Waals surface area contributed by atoms with Gasteiger partial charge in [-0.25, -0.2) is 58.6 Å². The Morgan fingerprint density at radius 3 is 0.949 bits per heavy atom. The number of hydrogen-bond acceptors (Lipinski definition) is 20. The largest absolute Gasteiger partial charge is 0.384 e. The molecule has 10 N–H and O–H groups in total. The number of benzene rings is 3. The van der Waals surface area contributed by atoms with Crippen molar-refractivity contribution in [3.05, 3.63) is 195 Å². The van der Waals surface area contributed by atoms with Crippen LogP contribution in [-0.4, -0.2) is 128 Å². The summed E-state index contributed by atoms with van der Waals surface area (Å²) >= 11 is 0. The van der Waals surface area contributed by atoms with Crippen molar-refractivity contribution in [2.24, 2.45) is 16.7 Å². The molecule has 0 saturated heterocycles. The van der Waals surface area contributed by atoms with Crippen LogP contribution >= 0.6 is 0 Å². The van der Waals surface area contributed by atoms with E-state index < -0.39 is 33.4 Å². The van der Waals surface area contributed by atoms with Crippen LogP contribution in [0.1, 0.15) is 310 Å². The molecule has 10 aromatic heterocycles. The lowest BCUT2D eigenvalue weighted by Crippen LogP contribution is -2.47. The first-order chi connectivity index (χ1) is 64.7. The van der Waals surface area contributed by atoms with Crippen LogP contribution in [0, 0.1) is 49.2 Å². The molecule has 10 heterocycles. The van der Waals surface area contributed by atoms with E-state index in [-0.39, 0.29) is 78.1 Å². The van der Waals surface area contributed by atoms with Crippen LogP contribution < -0.4 is 26.6 Å². The summed E-state index contributed by atoms with van der Waals surface area (Å²) in [6, 6.07) is 36.6. The quantitative estimate of drug-likeness (QED) is 0.0301. The van der Waals surface area contributed by atoms with Gasteiger partial charge in [0, 0.05) is 41.5 Å². The van der Waals surface area contributed by atoms with E-state index in [1.807, 2.05) is 114 Å². The standard InChI is InChI=1S/2C22H25FN4O2.C22H26N4O2.C21H28N4O2.C18H26N4O2/c1-13-11-14(7-8-16(13)23)12-19(28)26-21-24-17-9-10-18(22(2,3)29)25-20(17)27(21)15-5-4-6-15;1-13-7-8-15(23)11-14(13)12-19(28)26-21-24-17-9-10-18(22(2,3)29)25-20(17)27(21)16-5-4-6-16;1-14-7-9-15(10-8-14)13-19(27)25-21-23-17-11-12-18(22(2,3)28)24-20(17)26(21)16-5-4-6-16;1-20(2,27)16-8-7-15-17(23-16)25(14-5-3-6-14)19(22-15)24-18(26)13-11-21(12-13)9-4-10-21;1-17(2,3)15(23)21-16-19-12-9-10-13(18(4,5)24)20-14(12)22(16)11-7-6-8-11/h7-11,15,29H,4-6,12H2,1-3H3,(H,24,26,28);7-11,16,29H,4-6,12H2,1-3H3,(H,24,26,28);7-12,16,28H,4-6,13H2,1-3H3,(H,23,25,27);7-8,13-14,27H,3-6,9-12H2,1-2H3,(H,22,24,26);9-11,24H,6-8H2,1-5H3,(H,19,21,23). The average molecular weight is 1870 g/mol. The zero-order chi connectivity index (χ0) is 97.9. The number of hydrogen-bond donors (Lipinski definition) is 10. The Hall–Kier alpha value is -12.2. The Bertz CT molecular complexity index is 6690. The van der Waals surface area contributed by atoms with Crippen molar-refractivity contribution in [2.45, 2.75) is 317 Å². The number of pyridine rings is 5. The molecule has 20 rings (SSSR count). The number of anilines is 5. The first-order valence-electron chi connectivity index (χ1n) is 48.3. The fraction of sp³-hybridized carbons (Fsp3) is 0.495. The van der Waals surface area contributed by atoms with Crippen molar-refractivity contribution in [1.29, 1.82) is 0 Å². The number of nitrogens with one attached hydrogen (secondary N) is 5. The van der Waals surface area contributed by atoms with Gasteiger partial charge < -0.3 is 25.5 Å². The molecule has 724 valence electrons. The molecule has 5 amide bonds. The first-order valence-corrected chi connectivity index (χ1v) is 48.3. The van der Waals surface area contributed by atoms with Crippen LogP contribution in [0.4, 0.5) is 38.5 Å². The molecule has 3 aromatic carbocycles. The average Bonchev–Trinajstić information content (AvgIpc) is 1.59. The number of carbonyl (C=O) groups is 5. The van der Waals surface area contributed by atoms with Gasteiger partial charge in [0.1, 0.15) is 67.2 Å². The van der Waals surface area contributed by atoms with E-state index in [0.717, 1.165) is 146 Å². The molecular formula is C105H130F2N20O10. The Morgan fingerprint density at radius 1 is 0.350 bits per heavy atom. The minimum atomic E-state index is -1.07. The van der Waals surface area contributed by atoms with Crippen molar-refractivity contribution in [2.75, 3.05) is 26.6 Å². The number of nitrogens with zero attached hydrogens (tertiary/aromatic N) is 15. The van der Waals surface area contributed by atoms with E-state index in [1.165, 1.54) is 55.9 Å². The number of fused-ring (bicyclic) bond motifs is 5. The monoisotopic (exact) mass is 1870 g/mol. The van der Waals surface area contributed by atoms with Crippen LogP contribution in [0.25, 0.3) is 55.8 Å². The number of aryl methyl sites for hydroxylation is 3. The van der Waals surface area contributed by atoms with Gasteiger partial charge in [0.25, 0.3) is 0 Å². The second kappa shape index (κ2) is 38.6. The summed E-state index contributed by atoms with van der Waals surface area (Å²) in [5.41, 5.74) is 9.78. The highest BCUT2D eigenvalue weighted by molar-refractivity contribution is 5.97. The highest BCUT2D eigenvalue weighted by Crippen LogP contribution is 2.59. The Morgan fingerprint density at radius 2 is 0.657 bits per heavy atom. The maximum atomic E-state index is 13.5. The maximum Gasteiger partial charge on any atom is 0.232 e. The molecule has 0 radical (unpaired) electrons. The van der Waals surface area contributed by atoms with E-state index >= 15 is 0 Å². The highest BCUT2D eigenvalue weighted by atomic mass is 19.1. The van der Waals surface area contributed by atoms with E-state index in [2.05, 4.69) is 76.0 Å². The molecule has 137 heavy (non-hydrogen) atoms. The Balaban J connectivity index is 0.000000124. The van der Waals surface area contributed by atoms with Gasteiger partial charge in [0.15, 0.2) is 28.2 Å². The minimum absolute atomic E-state index is 0.0684. The van der Waals surface area contributed by atoms with E-state index in [0.29, 0.717) is 116 Å². The van der Waals surface area contributed by atoms with Gasteiger partial charge >= 0.3 is 0 Å². The topological polar surface area (TPSA) is 400 Å². The molecule has 0 aliphatic heterocycles. The predicted octanol–water partition coefficient (Wildman–Crippen LogP) is 19.2. The van der Waals surface area contributed by atoms with Gasteiger partial charge in [-0.05, 0) is 324 Å². The number of carbonyl (C=O) groups excluding carboxylic acids is 5. The zero-order valence-corrected chi connectivity index (χ0v) is 81.5. The summed E-state index contributed by atoms with van der Waals surface area (Å²) in [5.74, 6) is 1.58. The lowest BCUT2D eigenvalue weighted by molar-refractivity contribution is -0.131. The van der Waals surface area contributed by atoms with Gasteiger partial charge in [-0.1, -0.05) is 75.2 Å². The second-order valence-corrected chi connectivity index (χ2v) is 42.4. The smallest absolute Gasteiger partial charge is 0.232 e. The molecule has 30 nitrogen and oxygen atoms in total. The SMILES string of the molecule is CC(C)(C)C(=O)Nc1nc2ccc(C(C)(C)O)nc2n1C1CCC1.CC(C)(O)c1ccc2nc(NC(=O)C3CC4(CCC4)C3)n(C3CCC3)c2n1.Cc1cc(CC(=O)Nc2nc3ccc(C(C)(C)O)nc3n2C2CCC2)ccc1F.Cc1ccc(CC(=O)Nc2nc3ccc(C(C)(C)O)nc3n2C2CCC2)cc1.Cc1ccc(F)cc1CC(=O)Nc1nc2ccc(C(C)(C)O)nc2n1C1CCC1. The molecule has 13 aromatic rings. The van der Waals surface area contributed by atoms with Crippen LogP contribution in [0.2, 0.25) is 0 Å². The van der Waals surface area contributed by atoms with E-state index in [9.17, 15) is 58.3 Å². The van der Waals surface area contributed by atoms with Crippen molar-refractivity contribution in [3.63, 3.8) is 0 Å². The summed E-state index contributed by atoms with van der Waals surface area (Å²) in [7, 11) is 0. The van der Waals surface area contributed by atoms with Gasteiger partial charge in [-0.3, -0.25) is 73.4 Å². The third-order valence-corrected chi connectivity index (χ3v) is 27.8. The fourth-order valence-corrected chi connectivity index (χ4v) is 18.1. The third-order valence-electron chi connectivity index (χ3n) is 27.8. The van der Waals surface area contributed by atoms with E-state index in [4.69, 9.17) is 4.98 Å². The van der Waals surface area contributed by atoms with Gasteiger partial charge in [0.05, 0.1) is 47.7 Å².